The third kappa shape index (κ3) is 5.97. The fourth-order valence-electron chi connectivity index (χ4n) is 2.32. The van der Waals surface area contributed by atoms with Crippen LogP contribution in [0.25, 0.3) is 0 Å². The first-order chi connectivity index (χ1) is 13.0. The number of carbonyl (C=O) groups is 3. The summed E-state index contributed by atoms with van der Waals surface area (Å²) in [4.78, 5) is 35.9. The lowest BCUT2D eigenvalue weighted by molar-refractivity contribution is -0.145. The molecule has 138 valence electrons. The summed E-state index contributed by atoms with van der Waals surface area (Å²) >= 11 is 0. The zero-order valence-corrected chi connectivity index (χ0v) is 14.7. The maximum atomic E-state index is 12.1. The van der Waals surface area contributed by atoms with Crippen LogP contribution >= 0.6 is 0 Å². The Morgan fingerprint density at radius 1 is 1.07 bits per heavy atom. The molecular formula is C20H18N2O5. The topological polar surface area (TPSA) is 105 Å². The van der Waals surface area contributed by atoms with Crippen molar-refractivity contribution in [2.45, 2.75) is 12.5 Å². The number of hydrogen-bond acceptors (Lipinski definition) is 6. The van der Waals surface area contributed by atoms with Crippen LogP contribution in [-0.2, 0) is 25.5 Å². The molecular weight excluding hydrogens is 348 g/mol. The molecule has 2 rings (SSSR count). The molecule has 0 unspecified atom stereocenters. The Hall–Kier alpha value is -3.66. The Morgan fingerprint density at radius 3 is 2.33 bits per heavy atom. The maximum Gasteiger partial charge on any atom is 0.338 e. The molecule has 27 heavy (non-hydrogen) atoms. The summed E-state index contributed by atoms with van der Waals surface area (Å²) in [6.45, 7) is -0.541. The molecule has 0 aliphatic heterocycles. The number of benzene rings is 2. The molecule has 0 heterocycles. The highest BCUT2D eigenvalue weighted by molar-refractivity contribution is 5.92. The van der Waals surface area contributed by atoms with E-state index < -0.39 is 30.5 Å². The highest BCUT2D eigenvalue weighted by Crippen LogP contribution is 2.06. The van der Waals surface area contributed by atoms with E-state index in [4.69, 9.17) is 14.7 Å². The van der Waals surface area contributed by atoms with E-state index in [0.717, 1.165) is 5.56 Å². The molecule has 0 aromatic heterocycles. The molecule has 0 aliphatic carbocycles. The van der Waals surface area contributed by atoms with Gasteiger partial charge in [-0.3, -0.25) is 4.79 Å². The van der Waals surface area contributed by atoms with Crippen molar-refractivity contribution in [1.82, 2.24) is 5.32 Å². The summed E-state index contributed by atoms with van der Waals surface area (Å²) in [5.74, 6) is -1.92. The van der Waals surface area contributed by atoms with E-state index in [1.165, 1.54) is 31.4 Å². The van der Waals surface area contributed by atoms with Gasteiger partial charge in [0.25, 0.3) is 5.91 Å². The molecule has 1 N–H and O–H groups in total. The van der Waals surface area contributed by atoms with Crippen molar-refractivity contribution in [3.63, 3.8) is 0 Å². The van der Waals surface area contributed by atoms with Gasteiger partial charge < -0.3 is 14.8 Å². The van der Waals surface area contributed by atoms with Gasteiger partial charge in [-0.2, -0.15) is 5.26 Å². The van der Waals surface area contributed by atoms with Gasteiger partial charge in [-0.15, -0.1) is 0 Å². The van der Waals surface area contributed by atoms with Crippen LogP contribution in [0.3, 0.4) is 0 Å². The quantitative estimate of drug-likeness (QED) is 0.747. The van der Waals surface area contributed by atoms with Crippen LogP contribution in [0.2, 0.25) is 0 Å². The number of nitrogens with zero attached hydrogens (tertiary/aromatic N) is 1. The SMILES string of the molecule is COC(=O)[C@H](Cc1ccccc1)NC(=O)COC(=O)c1ccc(C#N)cc1. The van der Waals surface area contributed by atoms with Crippen LogP contribution in [0, 0.1) is 11.3 Å². The number of esters is 2. The molecule has 0 aliphatic rings. The lowest BCUT2D eigenvalue weighted by atomic mass is 10.1. The minimum Gasteiger partial charge on any atom is -0.467 e. The van der Waals surface area contributed by atoms with Crippen molar-refractivity contribution >= 4 is 17.8 Å². The third-order valence-corrected chi connectivity index (χ3v) is 3.69. The Balaban J connectivity index is 1.91. The van der Waals surface area contributed by atoms with E-state index in [1.807, 2.05) is 36.4 Å². The van der Waals surface area contributed by atoms with Crippen molar-refractivity contribution in [2.75, 3.05) is 13.7 Å². The summed E-state index contributed by atoms with van der Waals surface area (Å²) in [6.07, 6.45) is 0.253. The number of hydrogen-bond donors (Lipinski definition) is 1. The van der Waals surface area contributed by atoms with Gasteiger partial charge >= 0.3 is 11.9 Å². The molecule has 0 radical (unpaired) electrons. The van der Waals surface area contributed by atoms with E-state index in [2.05, 4.69) is 5.32 Å². The van der Waals surface area contributed by atoms with Crippen LogP contribution in [0.5, 0.6) is 0 Å². The molecule has 7 nitrogen and oxygen atoms in total. The molecule has 0 bridgehead atoms. The van der Waals surface area contributed by atoms with E-state index in [9.17, 15) is 14.4 Å². The van der Waals surface area contributed by atoms with Gasteiger partial charge in [-0.25, -0.2) is 9.59 Å². The van der Waals surface area contributed by atoms with Crippen LogP contribution in [-0.4, -0.2) is 37.6 Å². The van der Waals surface area contributed by atoms with E-state index >= 15 is 0 Å². The molecule has 1 amide bonds. The first-order valence-electron chi connectivity index (χ1n) is 8.12. The van der Waals surface area contributed by atoms with Crippen molar-refractivity contribution in [3.05, 3.63) is 71.3 Å². The smallest absolute Gasteiger partial charge is 0.338 e. The zero-order chi connectivity index (χ0) is 19.6. The van der Waals surface area contributed by atoms with Crippen LogP contribution in [0.1, 0.15) is 21.5 Å². The first kappa shape index (κ1) is 19.7. The van der Waals surface area contributed by atoms with Gasteiger partial charge in [0.2, 0.25) is 0 Å². The lowest BCUT2D eigenvalue weighted by Crippen LogP contribution is -2.44. The van der Waals surface area contributed by atoms with Crippen LogP contribution in [0.4, 0.5) is 0 Å². The second-order valence-electron chi connectivity index (χ2n) is 5.60. The molecule has 2 aromatic rings. The monoisotopic (exact) mass is 366 g/mol. The van der Waals surface area contributed by atoms with Crippen molar-refractivity contribution < 1.29 is 23.9 Å². The molecule has 0 fully saturated rings. The fraction of sp³-hybridized carbons (Fsp3) is 0.200. The van der Waals surface area contributed by atoms with Gasteiger partial charge in [-0.1, -0.05) is 30.3 Å². The van der Waals surface area contributed by atoms with E-state index in [-0.39, 0.29) is 12.0 Å². The third-order valence-electron chi connectivity index (χ3n) is 3.69. The van der Waals surface area contributed by atoms with Crippen molar-refractivity contribution in [2.24, 2.45) is 0 Å². The minimum atomic E-state index is -0.890. The van der Waals surface area contributed by atoms with Crippen LogP contribution < -0.4 is 5.32 Å². The number of nitriles is 1. The summed E-state index contributed by atoms with van der Waals surface area (Å²) < 4.78 is 9.66. The van der Waals surface area contributed by atoms with E-state index in [0.29, 0.717) is 5.56 Å². The Bertz CT molecular complexity index is 841. The van der Waals surface area contributed by atoms with Gasteiger partial charge in [0, 0.05) is 6.42 Å². The predicted molar refractivity (Wildman–Crippen MR) is 95.5 cm³/mol. The van der Waals surface area contributed by atoms with Crippen molar-refractivity contribution in [3.8, 4) is 6.07 Å². The molecule has 7 heteroatoms. The Labute approximate surface area is 156 Å². The number of ether oxygens (including phenoxy) is 2. The first-order valence-corrected chi connectivity index (χ1v) is 8.12. The average molecular weight is 366 g/mol. The molecule has 0 spiro atoms. The van der Waals surface area contributed by atoms with Gasteiger partial charge in [0.05, 0.1) is 24.3 Å². The number of carbonyl (C=O) groups excluding carboxylic acids is 3. The highest BCUT2D eigenvalue weighted by Gasteiger charge is 2.22. The summed E-state index contributed by atoms with van der Waals surface area (Å²) in [6, 6.07) is 16.0. The van der Waals surface area contributed by atoms with Crippen LogP contribution in [0.15, 0.2) is 54.6 Å². The second-order valence-corrected chi connectivity index (χ2v) is 5.60. The zero-order valence-electron chi connectivity index (χ0n) is 14.7. The summed E-state index contributed by atoms with van der Waals surface area (Å²) in [5.41, 5.74) is 1.48. The van der Waals surface area contributed by atoms with Gasteiger partial charge in [0.15, 0.2) is 6.61 Å². The standard InChI is InChI=1S/C20H18N2O5/c1-26-20(25)17(11-14-5-3-2-4-6-14)22-18(23)13-27-19(24)16-9-7-15(12-21)8-10-16/h2-10,17H,11,13H2,1H3,(H,22,23)/t17-/m0/s1. The molecule has 2 aromatic carbocycles. The Morgan fingerprint density at radius 2 is 1.74 bits per heavy atom. The number of rotatable bonds is 7. The lowest BCUT2D eigenvalue weighted by Gasteiger charge is -2.16. The molecule has 0 saturated heterocycles. The largest absolute Gasteiger partial charge is 0.467 e. The number of amides is 1. The molecule has 1 atom stereocenters. The second kappa shape index (κ2) is 9.73. The Kier molecular flexibility index (Phi) is 7.08. The maximum absolute atomic E-state index is 12.1. The van der Waals surface area contributed by atoms with Crippen molar-refractivity contribution in [1.29, 1.82) is 5.26 Å². The van der Waals surface area contributed by atoms with Gasteiger partial charge in [0.1, 0.15) is 6.04 Å². The highest BCUT2D eigenvalue weighted by atomic mass is 16.5. The predicted octanol–water partition coefficient (Wildman–Crippen LogP) is 1.62. The number of nitrogens with one attached hydrogen (secondary N) is 1. The summed E-state index contributed by atoms with van der Waals surface area (Å²) in [5, 5.41) is 11.2. The summed E-state index contributed by atoms with van der Waals surface area (Å²) in [7, 11) is 1.23. The molecule has 0 saturated carbocycles. The average Bonchev–Trinajstić information content (AvgIpc) is 2.71. The number of methoxy groups -OCH3 is 1. The van der Waals surface area contributed by atoms with Gasteiger partial charge in [-0.05, 0) is 29.8 Å². The van der Waals surface area contributed by atoms with E-state index in [1.54, 1.807) is 0 Å². The fourth-order valence-corrected chi connectivity index (χ4v) is 2.32. The minimum absolute atomic E-state index is 0.218. The normalized spacial score (nSPS) is 11.0.